The van der Waals surface area contributed by atoms with E-state index in [2.05, 4.69) is 47.6 Å². The van der Waals surface area contributed by atoms with Crippen molar-refractivity contribution in [2.24, 2.45) is 28.7 Å². The van der Waals surface area contributed by atoms with Gasteiger partial charge < -0.3 is 59.2 Å². The Morgan fingerprint density at radius 3 is 1.08 bits per heavy atom. The molecule has 7 atom stereocenters. The number of nitrogens with one attached hydrogen (secondary N) is 5. The molecule has 0 heterocycles. The standard InChI is InChI=1S/C81H156N10O12S/c1-4-7-10-13-16-19-22-25-28-31-34-37-40-55-73(93)87-72(65-104-64-66(103-75(95)57-42-39-36-33-30-27-24-21-18-15-12-9-6-3)63-102-74(94)56-41-38-35-32-29-26-23-20-17-14-11-8-5-2)81(101)89-71(62-92)79(99)77(97)68(52-44-48-59-83)88-80(100)70(54-46-50-61-85)91-90-69(53-45-49-60-84)78(98)76(96)67(86)51-43-47-58-82/h66-72,90-92H,4-65,82-86H2,1-3H3,(H,87,93)(H,88,100)(H,89,101)/t66-,67+,68+,69+,70+,71+,72?/m1/s1. The van der Waals surface area contributed by atoms with Crippen molar-refractivity contribution in [3.63, 3.8) is 0 Å². The van der Waals surface area contributed by atoms with E-state index < -0.39 is 102 Å². The molecule has 0 saturated heterocycles. The molecule has 0 fully saturated rings. The number of rotatable bonds is 80. The maximum absolute atomic E-state index is 14.5. The third kappa shape index (κ3) is 57.2. The fraction of sp³-hybridized carbons (Fsp3) is 0.889. The molecular formula is C81H156N10O12S. The van der Waals surface area contributed by atoms with Gasteiger partial charge in [-0.25, -0.2) is 10.9 Å². The molecule has 608 valence electrons. The van der Waals surface area contributed by atoms with E-state index in [0.717, 1.165) is 64.2 Å². The summed E-state index contributed by atoms with van der Waals surface area (Å²) >= 11 is 1.18. The summed E-state index contributed by atoms with van der Waals surface area (Å²) in [6.45, 7) is 6.82. The second kappa shape index (κ2) is 73.2. The lowest BCUT2D eigenvalue weighted by molar-refractivity contribution is -0.157. The highest BCUT2D eigenvalue weighted by Gasteiger charge is 2.36. The Balaban J connectivity index is 6.62. The molecule has 1 unspecified atom stereocenters. The zero-order valence-electron chi connectivity index (χ0n) is 66.1. The number of Topliss-reactive ketones (excluding diaryl/α,β-unsaturated/α-hetero) is 4. The summed E-state index contributed by atoms with van der Waals surface area (Å²) in [5.41, 5.74) is 35.1. The molecule has 0 aliphatic rings. The fourth-order valence-corrected chi connectivity index (χ4v) is 13.9. The van der Waals surface area contributed by atoms with Gasteiger partial charge in [-0.2, -0.15) is 11.8 Å². The van der Waals surface area contributed by atoms with Crippen LogP contribution < -0.4 is 55.5 Å². The molecule has 104 heavy (non-hydrogen) atoms. The second-order valence-corrected chi connectivity index (χ2v) is 30.4. The smallest absolute Gasteiger partial charge is 0.306 e. The molecule has 0 saturated carbocycles. The predicted octanol–water partition coefficient (Wildman–Crippen LogP) is 13.0. The van der Waals surface area contributed by atoms with Gasteiger partial charge in [0.2, 0.25) is 40.9 Å². The van der Waals surface area contributed by atoms with Crippen LogP contribution >= 0.6 is 11.8 Å². The minimum atomic E-state index is -1.79. The molecule has 0 aromatic rings. The molecular weight excluding hydrogens is 1340 g/mol. The Bertz CT molecular complexity index is 2150. The third-order valence-corrected chi connectivity index (χ3v) is 20.8. The molecule has 0 aliphatic carbocycles. The summed E-state index contributed by atoms with van der Waals surface area (Å²) < 4.78 is 11.8. The minimum absolute atomic E-state index is 0.0340. The number of amides is 3. The van der Waals surface area contributed by atoms with Gasteiger partial charge >= 0.3 is 11.9 Å². The number of hydrazine groups is 1. The summed E-state index contributed by atoms with van der Waals surface area (Å²) in [7, 11) is 0. The monoisotopic (exact) mass is 1490 g/mol. The Labute approximate surface area is 635 Å². The third-order valence-electron chi connectivity index (χ3n) is 19.6. The van der Waals surface area contributed by atoms with Gasteiger partial charge in [0.1, 0.15) is 24.8 Å². The van der Waals surface area contributed by atoms with Crippen LogP contribution in [0.5, 0.6) is 0 Å². The van der Waals surface area contributed by atoms with Crippen LogP contribution in [0.25, 0.3) is 0 Å². The van der Waals surface area contributed by atoms with Crippen molar-refractivity contribution in [1.82, 2.24) is 26.8 Å². The molecule has 0 aromatic heterocycles. The number of unbranched alkanes of at least 4 members (excludes halogenated alkanes) is 40. The number of thioether (sulfide) groups is 1. The van der Waals surface area contributed by atoms with Crippen molar-refractivity contribution in [3.8, 4) is 0 Å². The van der Waals surface area contributed by atoms with Crippen molar-refractivity contribution >= 4 is 64.6 Å². The molecule has 0 spiro atoms. The van der Waals surface area contributed by atoms with Crippen LogP contribution in [0.15, 0.2) is 0 Å². The molecule has 16 N–H and O–H groups in total. The summed E-state index contributed by atoms with van der Waals surface area (Å²) in [4.78, 5) is 125. The maximum Gasteiger partial charge on any atom is 0.306 e. The van der Waals surface area contributed by atoms with Gasteiger partial charge in [0.05, 0.1) is 30.8 Å². The summed E-state index contributed by atoms with van der Waals surface area (Å²) in [6, 6.07) is -7.77. The van der Waals surface area contributed by atoms with Crippen molar-refractivity contribution in [2.45, 2.75) is 410 Å². The Hall–Kier alpha value is -3.94. The van der Waals surface area contributed by atoms with E-state index in [-0.39, 0.29) is 69.6 Å². The Morgan fingerprint density at radius 1 is 0.337 bits per heavy atom. The summed E-state index contributed by atoms with van der Waals surface area (Å²) in [6.07, 6.45) is 49.1. The fourth-order valence-electron chi connectivity index (χ4n) is 12.8. The summed E-state index contributed by atoms with van der Waals surface area (Å²) in [5.74, 6) is -6.63. The lowest BCUT2D eigenvalue weighted by Crippen LogP contribution is -2.60. The van der Waals surface area contributed by atoms with E-state index in [9.17, 15) is 48.3 Å². The molecule has 23 heteroatoms. The van der Waals surface area contributed by atoms with E-state index in [1.54, 1.807) is 0 Å². The number of hydrogen-bond acceptors (Lipinski definition) is 20. The number of esters is 2. The molecule has 0 rings (SSSR count). The summed E-state index contributed by atoms with van der Waals surface area (Å²) in [5, 5.41) is 18.9. The molecule has 3 amide bonds. The van der Waals surface area contributed by atoms with E-state index in [1.165, 1.54) is 179 Å². The second-order valence-electron chi connectivity index (χ2n) is 29.3. The Morgan fingerprint density at radius 2 is 0.663 bits per heavy atom. The Kier molecular flexibility index (Phi) is 70.4. The van der Waals surface area contributed by atoms with E-state index in [0.29, 0.717) is 90.3 Å². The van der Waals surface area contributed by atoms with Crippen LogP contribution in [0, 0.1) is 0 Å². The predicted molar refractivity (Wildman–Crippen MR) is 425 cm³/mol. The largest absolute Gasteiger partial charge is 0.462 e. The highest BCUT2D eigenvalue weighted by Crippen LogP contribution is 2.20. The van der Waals surface area contributed by atoms with Crippen molar-refractivity contribution in [2.75, 3.05) is 50.9 Å². The zero-order valence-corrected chi connectivity index (χ0v) is 66.9. The number of carbonyl (C=O) groups is 9. The lowest BCUT2D eigenvalue weighted by Gasteiger charge is -2.26. The van der Waals surface area contributed by atoms with Crippen LogP contribution in [-0.2, 0) is 52.6 Å². The first kappa shape index (κ1) is 100. The first-order chi connectivity index (χ1) is 50.6. The number of hydrogen-bond donors (Lipinski definition) is 11. The number of aliphatic hydroxyl groups is 1. The number of nitrogens with two attached hydrogens (primary N) is 5. The molecule has 0 aliphatic heterocycles. The molecule has 0 radical (unpaired) electrons. The number of aliphatic hydroxyl groups excluding tert-OH is 1. The SMILES string of the molecule is CCCCCCCCCCCCCCCC(=O)NC(CSC[C@@H](COC(=O)CCCCCCCCCCCCCCC)OC(=O)CCCCCCCCCCCCCCC)C(=O)N[C@@H](CO)C(=O)C(=O)[C@H](CCCCN)NC(=O)[C@H](CCCCN)NN[C@@H](CCCCN)C(=O)C(=O)[C@@H](N)CCCCN. The zero-order chi connectivity index (χ0) is 76.7. The van der Waals surface area contributed by atoms with Crippen LogP contribution in [0.2, 0.25) is 0 Å². The van der Waals surface area contributed by atoms with Crippen LogP contribution in [0.1, 0.15) is 367 Å². The van der Waals surface area contributed by atoms with Crippen molar-refractivity contribution in [1.29, 1.82) is 0 Å². The van der Waals surface area contributed by atoms with Gasteiger partial charge in [-0.1, -0.05) is 271 Å². The highest BCUT2D eigenvalue weighted by atomic mass is 32.2. The van der Waals surface area contributed by atoms with Crippen LogP contribution in [0.4, 0.5) is 0 Å². The maximum atomic E-state index is 14.5. The normalized spacial score (nSPS) is 13.5. The topological polar surface area (TPSA) is 383 Å². The number of carbonyl (C=O) groups excluding carboxylic acids is 9. The first-order valence-electron chi connectivity index (χ1n) is 42.3. The van der Waals surface area contributed by atoms with Gasteiger partial charge in [0.15, 0.2) is 0 Å². The molecule has 0 aromatic carbocycles. The molecule has 0 bridgehead atoms. The van der Waals surface area contributed by atoms with Gasteiger partial charge in [0.25, 0.3) is 0 Å². The first-order valence-corrected chi connectivity index (χ1v) is 43.4. The average molecular weight is 1490 g/mol. The van der Waals surface area contributed by atoms with Gasteiger partial charge in [0, 0.05) is 30.8 Å². The van der Waals surface area contributed by atoms with Crippen LogP contribution in [-0.4, -0.2) is 151 Å². The quantitative estimate of drug-likeness (QED) is 0.0117. The lowest BCUT2D eigenvalue weighted by atomic mass is 9.96. The average Bonchev–Trinajstić information content (AvgIpc) is 0.851. The van der Waals surface area contributed by atoms with Crippen molar-refractivity contribution in [3.05, 3.63) is 0 Å². The molecule has 22 nitrogen and oxygen atoms in total. The number of ether oxygens (including phenoxy) is 2. The van der Waals surface area contributed by atoms with Crippen molar-refractivity contribution < 1.29 is 57.7 Å². The van der Waals surface area contributed by atoms with Gasteiger partial charge in [-0.3, -0.25) is 43.2 Å². The van der Waals surface area contributed by atoms with E-state index >= 15 is 0 Å². The van der Waals surface area contributed by atoms with Gasteiger partial charge in [-0.05, 0) is 103 Å². The highest BCUT2D eigenvalue weighted by molar-refractivity contribution is 7.99. The minimum Gasteiger partial charge on any atom is -0.462 e. The van der Waals surface area contributed by atoms with Crippen LogP contribution in [0.3, 0.4) is 0 Å². The number of ketones is 4. The van der Waals surface area contributed by atoms with E-state index in [1.807, 2.05) is 0 Å². The van der Waals surface area contributed by atoms with E-state index in [4.69, 9.17) is 38.1 Å². The van der Waals surface area contributed by atoms with Gasteiger partial charge in [-0.15, -0.1) is 0 Å².